The molecule has 5 heteroatoms. The Morgan fingerprint density at radius 2 is 1.86 bits per heavy atom. The number of methoxy groups -OCH3 is 1. The van der Waals surface area contributed by atoms with E-state index in [1.54, 1.807) is 19.2 Å². The molecule has 0 spiro atoms. The zero-order valence-electron chi connectivity index (χ0n) is 11.7. The Bertz CT molecular complexity index is 644. The highest BCUT2D eigenvalue weighted by Gasteiger charge is 2.07. The third-order valence-electron chi connectivity index (χ3n) is 3.06. The molecule has 0 unspecified atom stereocenters. The standard InChI is InChI=1S/C16H17BrN2O2/c1-20-15-7-6-11(16(18)19)8-13(15)10-21-9-12-4-2-3-5-14(12)17/h2-8H,9-10H2,1H3,(H3,18,19). The molecule has 0 aliphatic heterocycles. The molecule has 0 heterocycles. The minimum Gasteiger partial charge on any atom is -0.496 e. The molecule has 0 fully saturated rings. The van der Waals surface area contributed by atoms with Gasteiger partial charge in [-0.3, -0.25) is 5.41 Å². The van der Waals surface area contributed by atoms with Crippen molar-refractivity contribution in [3.63, 3.8) is 0 Å². The number of hydrogen-bond acceptors (Lipinski definition) is 3. The van der Waals surface area contributed by atoms with Gasteiger partial charge in [0.25, 0.3) is 0 Å². The molecule has 0 bridgehead atoms. The van der Waals surface area contributed by atoms with Gasteiger partial charge in [-0.05, 0) is 29.8 Å². The van der Waals surface area contributed by atoms with Gasteiger partial charge in [-0.15, -0.1) is 0 Å². The van der Waals surface area contributed by atoms with Crippen molar-refractivity contribution in [3.8, 4) is 5.75 Å². The molecule has 0 saturated heterocycles. The van der Waals surface area contributed by atoms with Crippen molar-refractivity contribution in [2.24, 2.45) is 5.73 Å². The van der Waals surface area contributed by atoms with Gasteiger partial charge in [0.1, 0.15) is 11.6 Å². The lowest BCUT2D eigenvalue weighted by atomic mass is 10.1. The summed E-state index contributed by atoms with van der Waals surface area (Å²) in [6, 6.07) is 13.3. The number of nitrogen functional groups attached to an aromatic ring is 1. The van der Waals surface area contributed by atoms with Gasteiger partial charge in [-0.2, -0.15) is 0 Å². The molecule has 21 heavy (non-hydrogen) atoms. The van der Waals surface area contributed by atoms with Gasteiger partial charge >= 0.3 is 0 Å². The second kappa shape index (κ2) is 7.24. The number of nitrogens with two attached hydrogens (primary N) is 1. The van der Waals surface area contributed by atoms with Crippen LogP contribution in [-0.2, 0) is 18.0 Å². The van der Waals surface area contributed by atoms with Crippen LogP contribution < -0.4 is 10.5 Å². The highest BCUT2D eigenvalue weighted by molar-refractivity contribution is 9.10. The van der Waals surface area contributed by atoms with Crippen LogP contribution in [0.5, 0.6) is 5.75 Å². The van der Waals surface area contributed by atoms with E-state index in [1.807, 2.05) is 30.3 Å². The molecule has 0 aromatic heterocycles. The maximum absolute atomic E-state index is 7.49. The molecule has 2 aromatic rings. The van der Waals surface area contributed by atoms with E-state index in [1.165, 1.54) is 0 Å². The predicted octanol–water partition coefficient (Wildman–Crippen LogP) is 3.46. The summed E-state index contributed by atoms with van der Waals surface area (Å²) in [7, 11) is 1.61. The average Bonchev–Trinajstić information content (AvgIpc) is 2.49. The van der Waals surface area contributed by atoms with Crippen molar-refractivity contribution in [3.05, 3.63) is 63.6 Å². The van der Waals surface area contributed by atoms with E-state index in [9.17, 15) is 0 Å². The van der Waals surface area contributed by atoms with Gasteiger partial charge in [0.2, 0.25) is 0 Å². The summed E-state index contributed by atoms with van der Waals surface area (Å²) in [5, 5.41) is 7.49. The summed E-state index contributed by atoms with van der Waals surface area (Å²) in [4.78, 5) is 0. The van der Waals surface area contributed by atoms with Crippen molar-refractivity contribution in [1.29, 1.82) is 5.41 Å². The molecule has 4 nitrogen and oxygen atoms in total. The van der Waals surface area contributed by atoms with E-state index < -0.39 is 0 Å². The lowest BCUT2D eigenvalue weighted by molar-refractivity contribution is 0.105. The molecule has 0 saturated carbocycles. The van der Waals surface area contributed by atoms with Crippen LogP contribution in [0.15, 0.2) is 46.9 Å². The molecule has 110 valence electrons. The number of benzene rings is 2. The summed E-state index contributed by atoms with van der Waals surface area (Å²) < 4.78 is 12.1. The number of nitrogens with one attached hydrogen (secondary N) is 1. The summed E-state index contributed by atoms with van der Waals surface area (Å²) >= 11 is 3.49. The van der Waals surface area contributed by atoms with Gasteiger partial charge in [-0.25, -0.2) is 0 Å². The van der Waals surface area contributed by atoms with E-state index in [0.29, 0.717) is 18.8 Å². The molecule has 3 N–H and O–H groups in total. The maximum Gasteiger partial charge on any atom is 0.124 e. The number of hydrogen-bond donors (Lipinski definition) is 2. The fourth-order valence-electron chi connectivity index (χ4n) is 1.95. The molecule has 0 amide bonds. The summed E-state index contributed by atoms with van der Waals surface area (Å²) in [5.74, 6) is 0.761. The third-order valence-corrected chi connectivity index (χ3v) is 3.84. The smallest absolute Gasteiger partial charge is 0.124 e. The minimum absolute atomic E-state index is 0.0321. The fourth-order valence-corrected chi connectivity index (χ4v) is 2.34. The molecule has 2 aromatic carbocycles. The van der Waals surface area contributed by atoms with E-state index in [4.69, 9.17) is 20.6 Å². The second-order valence-electron chi connectivity index (χ2n) is 4.52. The summed E-state index contributed by atoms with van der Waals surface area (Å²) in [6.07, 6.45) is 0. The highest BCUT2D eigenvalue weighted by atomic mass is 79.9. The number of ether oxygens (including phenoxy) is 2. The van der Waals surface area contributed by atoms with Crippen LogP contribution in [0, 0.1) is 5.41 Å². The zero-order valence-corrected chi connectivity index (χ0v) is 13.3. The molecule has 0 radical (unpaired) electrons. The van der Waals surface area contributed by atoms with E-state index in [-0.39, 0.29) is 5.84 Å². The van der Waals surface area contributed by atoms with Gasteiger partial charge in [0.05, 0.1) is 20.3 Å². The number of rotatable bonds is 6. The zero-order chi connectivity index (χ0) is 15.2. The monoisotopic (exact) mass is 348 g/mol. The van der Waals surface area contributed by atoms with Gasteiger partial charge < -0.3 is 15.2 Å². The topological polar surface area (TPSA) is 68.3 Å². The first-order valence-corrected chi connectivity index (χ1v) is 7.23. The molecule has 0 atom stereocenters. The fraction of sp³-hybridized carbons (Fsp3) is 0.188. The van der Waals surface area contributed by atoms with Gasteiger partial charge in [0, 0.05) is 15.6 Å². The second-order valence-corrected chi connectivity index (χ2v) is 5.38. The Morgan fingerprint density at radius 1 is 1.14 bits per heavy atom. The third kappa shape index (κ3) is 4.06. The first-order valence-electron chi connectivity index (χ1n) is 6.44. The molecular weight excluding hydrogens is 332 g/mol. The van der Waals surface area contributed by atoms with Crippen molar-refractivity contribution in [2.45, 2.75) is 13.2 Å². The normalized spacial score (nSPS) is 10.4. The highest BCUT2D eigenvalue weighted by Crippen LogP contribution is 2.22. The summed E-state index contributed by atoms with van der Waals surface area (Å²) in [5.41, 5.74) is 8.13. The quantitative estimate of drug-likeness (QED) is 0.620. The van der Waals surface area contributed by atoms with Gasteiger partial charge in [0.15, 0.2) is 0 Å². The Kier molecular flexibility index (Phi) is 5.36. The average molecular weight is 349 g/mol. The molecule has 0 aliphatic carbocycles. The largest absolute Gasteiger partial charge is 0.496 e. The van der Waals surface area contributed by atoms with E-state index >= 15 is 0 Å². The Balaban J connectivity index is 2.07. The lowest BCUT2D eigenvalue weighted by Crippen LogP contribution is -2.11. The van der Waals surface area contributed by atoms with Crippen LogP contribution in [0.1, 0.15) is 16.7 Å². The molecule has 2 rings (SSSR count). The Morgan fingerprint density at radius 3 is 2.52 bits per heavy atom. The first-order chi connectivity index (χ1) is 10.1. The number of halogens is 1. The van der Waals surface area contributed by atoms with Crippen molar-refractivity contribution in [2.75, 3.05) is 7.11 Å². The Hall–Kier alpha value is -1.85. The van der Waals surface area contributed by atoms with Crippen LogP contribution in [0.4, 0.5) is 0 Å². The predicted molar refractivity (Wildman–Crippen MR) is 86.6 cm³/mol. The van der Waals surface area contributed by atoms with E-state index in [2.05, 4.69) is 15.9 Å². The first kappa shape index (κ1) is 15.5. The lowest BCUT2D eigenvalue weighted by Gasteiger charge is -2.11. The summed E-state index contributed by atoms with van der Waals surface area (Å²) in [6.45, 7) is 0.889. The van der Waals surface area contributed by atoms with Crippen molar-refractivity contribution in [1.82, 2.24) is 0 Å². The Labute approximate surface area is 132 Å². The molecule has 0 aliphatic rings. The SMILES string of the molecule is COc1ccc(C(=N)N)cc1COCc1ccccc1Br. The van der Waals surface area contributed by atoms with Crippen molar-refractivity contribution >= 4 is 21.8 Å². The van der Waals surface area contributed by atoms with Crippen LogP contribution in [-0.4, -0.2) is 12.9 Å². The van der Waals surface area contributed by atoms with Crippen molar-refractivity contribution < 1.29 is 9.47 Å². The minimum atomic E-state index is 0.0321. The number of amidine groups is 1. The van der Waals surface area contributed by atoms with Crippen LogP contribution in [0.3, 0.4) is 0 Å². The molecular formula is C16H17BrN2O2. The van der Waals surface area contributed by atoms with Crippen LogP contribution >= 0.6 is 15.9 Å². The van der Waals surface area contributed by atoms with E-state index in [0.717, 1.165) is 21.3 Å². The van der Waals surface area contributed by atoms with Crippen LogP contribution in [0.2, 0.25) is 0 Å². The van der Waals surface area contributed by atoms with Gasteiger partial charge in [-0.1, -0.05) is 34.1 Å². The van der Waals surface area contributed by atoms with Crippen LogP contribution in [0.25, 0.3) is 0 Å². The maximum atomic E-state index is 7.49.